The molecule has 17 heavy (non-hydrogen) atoms. The lowest BCUT2D eigenvalue weighted by molar-refractivity contribution is -0.385. The Morgan fingerprint density at radius 1 is 1.35 bits per heavy atom. The monoisotopic (exact) mass is 238 g/mol. The van der Waals surface area contributed by atoms with Gasteiger partial charge >= 0.3 is 0 Å². The summed E-state index contributed by atoms with van der Waals surface area (Å²) in [6.07, 6.45) is 3.22. The second-order valence-electron chi connectivity index (χ2n) is 3.16. The van der Waals surface area contributed by atoms with E-state index in [1.54, 1.807) is 18.2 Å². The lowest BCUT2D eigenvalue weighted by Gasteiger charge is -2.08. The van der Waals surface area contributed by atoms with Crippen LogP contribution in [0.1, 0.15) is 5.56 Å². The van der Waals surface area contributed by atoms with Crippen molar-refractivity contribution >= 4 is 11.8 Å². The molecule has 0 unspecified atom stereocenters. The van der Waals surface area contributed by atoms with Gasteiger partial charge < -0.3 is 15.2 Å². The quantitative estimate of drug-likeness (QED) is 0.621. The largest absolute Gasteiger partial charge is 0.493 e. The Bertz CT molecular complexity index is 443. The van der Waals surface area contributed by atoms with Crippen molar-refractivity contribution in [2.24, 2.45) is 5.73 Å². The molecule has 6 nitrogen and oxygen atoms in total. The van der Waals surface area contributed by atoms with E-state index >= 15 is 0 Å². The molecule has 2 N–H and O–H groups in total. The summed E-state index contributed by atoms with van der Waals surface area (Å²) >= 11 is 0. The van der Waals surface area contributed by atoms with Crippen LogP contribution in [-0.4, -0.2) is 25.7 Å². The van der Waals surface area contributed by atoms with Crippen LogP contribution in [0.25, 0.3) is 6.08 Å². The molecule has 1 aromatic rings. The Kier molecular flexibility index (Phi) is 4.47. The van der Waals surface area contributed by atoms with Gasteiger partial charge in [0, 0.05) is 6.54 Å². The summed E-state index contributed by atoms with van der Waals surface area (Å²) < 4.78 is 10.1. The summed E-state index contributed by atoms with van der Waals surface area (Å²) in [5.74, 6) is 0.763. The normalized spacial score (nSPS) is 10.5. The fourth-order valence-corrected chi connectivity index (χ4v) is 1.37. The molecule has 6 heteroatoms. The second-order valence-corrected chi connectivity index (χ2v) is 3.16. The Morgan fingerprint density at radius 3 is 2.41 bits per heavy atom. The Hall–Kier alpha value is -2.08. The predicted molar refractivity (Wildman–Crippen MR) is 64.3 cm³/mol. The topological polar surface area (TPSA) is 87.6 Å². The first-order valence-corrected chi connectivity index (χ1v) is 4.91. The highest BCUT2D eigenvalue weighted by Crippen LogP contribution is 2.34. The molecular weight excluding hydrogens is 224 g/mol. The molecule has 0 radical (unpaired) electrons. The molecule has 0 saturated carbocycles. The van der Waals surface area contributed by atoms with Gasteiger partial charge in [0.25, 0.3) is 5.69 Å². The third kappa shape index (κ3) is 2.94. The first-order valence-electron chi connectivity index (χ1n) is 4.91. The summed E-state index contributed by atoms with van der Waals surface area (Å²) in [5.41, 5.74) is 5.70. The highest BCUT2D eigenvalue weighted by atomic mass is 16.6. The van der Waals surface area contributed by atoms with E-state index in [9.17, 15) is 10.1 Å². The van der Waals surface area contributed by atoms with E-state index in [2.05, 4.69) is 0 Å². The van der Waals surface area contributed by atoms with Crippen LogP contribution in [0, 0.1) is 10.1 Å². The van der Waals surface area contributed by atoms with Gasteiger partial charge in [-0.2, -0.15) is 0 Å². The van der Waals surface area contributed by atoms with Crippen LogP contribution in [0.3, 0.4) is 0 Å². The average Bonchev–Trinajstić information content (AvgIpc) is 2.34. The minimum absolute atomic E-state index is 0.0487. The third-order valence-electron chi connectivity index (χ3n) is 2.16. The standard InChI is InChI=1S/C11H14N2O4/c1-16-10-6-8(4-3-5-12)9(13(14)15)7-11(10)17-2/h3-4,6-7H,5,12H2,1-2H3/b4-3+. The molecule has 0 atom stereocenters. The van der Waals surface area contributed by atoms with Crippen molar-refractivity contribution < 1.29 is 14.4 Å². The molecular formula is C11H14N2O4. The molecule has 0 bridgehead atoms. The van der Waals surface area contributed by atoms with E-state index in [4.69, 9.17) is 15.2 Å². The van der Waals surface area contributed by atoms with Crippen LogP contribution in [0.4, 0.5) is 5.69 Å². The van der Waals surface area contributed by atoms with Gasteiger partial charge in [-0.15, -0.1) is 0 Å². The molecule has 92 valence electrons. The fraction of sp³-hybridized carbons (Fsp3) is 0.273. The van der Waals surface area contributed by atoms with Crippen molar-refractivity contribution in [3.05, 3.63) is 33.9 Å². The maximum Gasteiger partial charge on any atom is 0.280 e. The molecule has 0 aromatic heterocycles. The maximum absolute atomic E-state index is 10.9. The zero-order chi connectivity index (χ0) is 12.8. The van der Waals surface area contributed by atoms with E-state index in [0.717, 1.165) is 0 Å². The molecule has 0 saturated heterocycles. The highest BCUT2D eigenvalue weighted by molar-refractivity contribution is 5.66. The van der Waals surface area contributed by atoms with E-state index < -0.39 is 4.92 Å². The number of hydrogen-bond donors (Lipinski definition) is 1. The van der Waals surface area contributed by atoms with Crippen LogP contribution in [0.5, 0.6) is 11.5 Å². The number of benzene rings is 1. The first-order chi connectivity index (χ1) is 8.13. The van der Waals surface area contributed by atoms with Crippen LogP contribution < -0.4 is 15.2 Å². The van der Waals surface area contributed by atoms with Crippen molar-refractivity contribution in [2.75, 3.05) is 20.8 Å². The smallest absolute Gasteiger partial charge is 0.280 e. The average molecular weight is 238 g/mol. The SMILES string of the molecule is COc1cc(/C=C/CN)c([N+](=O)[O-])cc1OC. The number of hydrogen-bond acceptors (Lipinski definition) is 5. The summed E-state index contributed by atoms with van der Waals surface area (Å²) in [5, 5.41) is 10.9. The Balaban J connectivity index is 3.34. The zero-order valence-corrected chi connectivity index (χ0v) is 9.67. The van der Waals surface area contributed by atoms with Crippen molar-refractivity contribution in [3.63, 3.8) is 0 Å². The molecule has 0 aliphatic heterocycles. The maximum atomic E-state index is 10.9. The molecule has 0 spiro atoms. The number of rotatable bonds is 5. The van der Waals surface area contributed by atoms with Crippen LogP contribution in [0.15, 0.2) is 18.2 Å². The molecule has 1 aromatic carbocycles. The van der Waals surface area contributed by atoms with E-state index in [1.807, 2.05) is 0 Å². The number of ether oxygens (including phenoxy) is 2. The molecule has 0 aliphatic rings. The van der Waals surface area contributed by atoms with Crippen molar-refractivity contribution in [3.8, 4) is 11.5 Å². The number of nitro benzene ring substituents is 1. The van der Waals surface area contributed by atoms with Crippen LogP contribution in [0.2, 0.25) is 0 Å². The van der Waals surface area contributed by atoms with Gasteiger partial charge in [-0.3, -0.25) is 10.1 Å². The van der Waals surface area contributed by atoms with E-state index in [0.29, 0.717) is 23.6 Å². The highest BCUT2D eigenvalue weighted by Gasteiger charge is 2.17. The fourth-order valence-electron chi connectivity index (χ4n) is 1.37. The third-order valence-corrected chi connectivity index (χ3v) is 2.16. The minimum Gasteiger partial charge on any atom is -0.493 e. The van der Waals surface area contributed by atoms with Gasteiger partial charge in [0.05, 0.1) is 30.8 Å². The van der Waals surface area contributed by atoms with Gasteiger partial charge in [-0.05, 0) is 6.07 Å². The van der Waals surface area contributed by atoms with E-state index in [1.165, 1.54) is 20.3 Å². The number of nitro groups is 1. The predicted octanol–water partition coefficient (Wildman–Crippen LogP) is 1.58. The summed E-state index contributed by atoms with van der Waals surface area (Å²) in [6.45, 7) is 0.311. The molecule has 1 rings (SSSR count). The summed E-state index contributed by atoms with van der Waals surface area (Å²) in [4.78, 5) is 10.4. The van der Waals surface area contributed by atoms with Crippen LogP contribution >= 0.6 is 0 Å². The Morgan fingerprint density at radius 2 is 1.94 bits per heavy atom. The molecule has 0 amide bonds. The molecule has 0 aliphatic carbocycles. The summed E-state index contributed by atoms with van der Waals surface area (Å²) in [7, 11) is 2.90. The summed E-state index contributed by atoms with van der Waals surface area (Å²) in [6, 6.07) is 2.87. The number of nitrogens with zero attached hydrogens (tertiary/aromatic N) is 1. The molecule has 0 heterocycles. The van der Waals surface area contributed by atoms with Crippen LogP contribution in [-0.2, 0) is 0 Å². The lowest BCUT2D eigenvalue weighted by atomic mass is 10.1. The number of methoxy groups -OCH3 is 2. The minimum atomic E-state index is -0.474. The van der Waals surface area contributed by atoms with Gasteiger partial charge in [0.1, 0.15) is 0 Å². The van der Waals surface area contributed by atoms with Gasteiger partial charge in [0.2, 0.25) is 0 Å². The van der Waals surface area contributed by atoms with Crippen molar-refractivity contribution in [1.29, 1.82) is 0 Å². The lowest BCUT2D eigenvalue weighted by Crippen LogP contribution is -1.97. The first kappa shape index (κ1) is 13.0. The van der Waals surface area contributed by atoms with Gasteiger partial charge in [0.15, 0.2) is 11.5 Å². The van der Waals surface area contributed by atoms with E-state index in [-0.39, 0.29) is 5.69 Å². The van der Waals surface area contributed by atoms with Gasteiger partial charge in [-0.1, -0.05) is 12.2 Å². The van der Waals surface area contributed by atoms with Gasteiger partial charge in [-0.25, -0.2) is 0 Å². The second kappa shape index (κ2) is 5.86. The Labute approximate surface area is 98.8 Å². The van der Waals surface area contributed by atoms with Crippen molar-refractivity contribution in [1.82, 2.24) is 0 Å². The molecule has 0 fully saturated rings. The zero-order valence-electron chi connectivity index (χ0n) is 9.67. The van der Waals surface area contributed by atoms with Crippen molar-refractivity contribution in [2.45, 2.75) is 0 Å². The number of nitrogens with two attached hydrogens (primary N) is 1.